The molecule has 0 aromatic carbocycles. The smallest absolute Gasteiger partial charge is 0.396 e. The molecule has 0 saturated heterocycles. The Kier molecular flexibility index (Phi) is 19.6. The first kappa shape index (κ1) is 58.3. The molecule has 0 saturated carbocycles. The molecule has 0 amide bonds. The lowest BCUT2D eigenvalue weighted by atomic mass is 10.3. The maximum absolute atomic E-state index is 7.87. The van der Waals surface area contributed by atoms with E-state index < -0.39 is 116 Å². The van der Waals surface area contributed by atoms with Gasteiger partial charge in [0.2, 0.25) is 0 Å². The Morgan fingerprint density at radius 3 is 0.375 bits per heavy atom. The van der Waals surface area contributed by atoms with Gasteiger partial charge in [0.1, 0.15) is 0 Å². The predicted octanol–water partition coefficient (Wildman–Crippen LogP) is 11.7. The lowest BCUT2D eigenvalue weighted by Crippen LogP contribution is -2.78. The van der Waals surface area contributed by atoms with Gasteiger partial charge in [-0.25, -0.2) is 0 Å². The molecule has 0 aromatic rings. The summed E-state index contributed by atoms with van der Waals surface area (Å²) >= 11 is 0. The molecule has 0 aliphatic carbocycles. The fraction of sp³-hybridized carbons (Fsp3) is 1.00. The highest BCUT2D eigenvalue weighted by atomic mass is 28.6. The van der Waals surface area contributed by atoms with Gasteiger partial charge in [0, 0.05) is 5.04 Å². The molecule has 0 heterocycles. The second kappa shape index (κ2) is 18.8. The van der Waals surface area contributed by atoms with Crippen LogP contribution in [0.1, 0.15) is 20.8 Å². The van der Waals surface area contributed by atoms with E-state index >= 15 is 0 Å². The van der Waals surface area contributed by atoms with E-state index in [1.807, 2.05) is 0 Å². The first-order chi connectivity index (χ1) is 23.7. The quantitative estimate of drug-likeness (QED) is 0.0859. The minimum atomic E-state index is -4.54. The third-order valence-corrected chi connectivity index (χ3v) is 44.7. The molecule has 0 bridgehead atoms. The van der Waals surface area contributed by atoms with Gasteiger partial charge in [-0.05, 0) is 177 Å². The zero-order chi connectivity index (χ0) is 45.5. The maximum Gasteiger partial charge on any atom is 0.640 e. The Morgan fingerprint density at radius 2 is 0.304 bits per heavy atom. The Balaban J connectivity index is 9.37. The molecule has 0 fully saturated rings. The minimum absolute atomic E-state index is 0.904. The van der Waals surface area contributed by atoms with Crippen LogP contribution in [-0.2, 0) is 49.4 Å². The molecule has 0 rings (SSSR count). The number of rotatable bonds is 24. The van der Waals surface area contributed by atoms with Gasteiger partial charge in [-0.2, -0.15) is 0 Å². The SMILES string of the molecule is CC(C)(C)[Si](O[Si](O[Si](C)(C)C)(O[Si](C)(C)C)O[Si](C)(C)C)(O[Si](O[Si](C)(C)C)(O[Si](C)(C)C)O[Si](C)(C)C)O[Si](O[Si](C)(C)C)(O[Si](C)(C)C)O[Si](C)(C)C. The van der Waals surface area contributed by atoms with E-state index in [1.165, 1.54) is 0 Å². The van der Waals surface area contributed by atoms with Crippen LogP contribution in [0.2, 0.25) is 182 Å². The summed E-state index contributed by atoms with van der Waals surface area (Å²) in [7, 11) is -39.5. The highest BCUT2D eigenvalue weighted by molar-refractivity contribution is 6.97. The third kappa shape index (κ3) is 24.8. The second-order valence-corrected chi connectivity index (χ2v) is 78.0. The van der Waals surface area contributed by atoms with E-state index in [-0.39, 0.29) is 0 Å². The lowest BCUT2D eigenvalue weighted by Gasteiger charge is -2.53. The van der Waals surface area contributed by atoms with E-state index in [4.69, 9.17) is 49.4 Å². The zero-order valence-corrected chi connectivity index (χ0v) is 54.9. The van der Waals surface area contributed by atoms with Crippen LogP contribution in [0.15, 0.2) is 0 Å². The Hall–Kier alpha value is 2.34. The molecule has 0 N–H and O–H groups in total. The summed E-state index contributed by atoms with van der Waals surface area (Å²) in [6.45, 7) is 63.8. The molecule has 0 atom stereocenters. The van der Waals surface area contributed by atoms with Crippen molar-refractivity contribution in [2.24, 2.45) is 0 Å². The Bertz CT molecular complexity index is 979. The van der Waals surface area contributed by atoms with Gasteiger partial charge in [0.05, 0.1) is 0 Å². The molecule has 0 radical (unpaired) electrons. The molecule has 56 heavy (non-hydrogen) atoms. The number of hydrogen-bond acceptors (Lipinski definition) is 12. The van der Waals surface area contributed by atoms with E-state index in [0.717, 1.165) is 0 Å². The van der Waals surface area contributed by atoms with Crippen molar-refractivity contribution in [2.75, 3.05) is 0 Å². The van der Waals surface area contributed by atoms with Crippen LogP contribution < -0.4 is 0 Å². The molecule has 0 spiro atoms. The van der Waals surface area contributed by atoms with Crippen molar-refractivity contribution in [3.63, 3.8) is 0 Å². The molecular formula is C31H90O12Si13. The van der Waals surface area contributed by atoms with E-state index in [1.54, 1.807) is 0 Å². The molecule has 0 aliphatic rings. The summed E-state index contributed by atoms with van der Waals surface area (Å²) in [6, 6.07) is 0. The van der Waals surface area contributed by atoms with Gasteiger partial charge in [-0.1, -0.05) is 20.8 Å². The van der Waals surface area contributed by atoms with Crippen LogP contribution in [0.3, 0.4) is 0 Å². The van der Waals surface area contributed by atoms with Gasteiger partial charge in [0.25, 0.3) is 0 Å². The fourth-order valence-corrected chi connectivity index (χ4v) is 50.8. The van der Waals surface area contributed by atoms with Gasteiger partial charge in [0.15, 0.2) is 74.9 Å². The molecule has 338 valence electrons. The summed E-state index contributed by atoms with van der Waals surface area (Å²) in [5.41, 5.74) is 0. The van der Waals surface area contributed by atoms with Crippen LogP contribution in [-0.4, -0.2) is 111 Å². The minimum Gasteiger partial charge on any atom is -0.396 e. The highest BCUT2D eigenvalue weighted by Gasteiger charge is 2.74. The average molecular weight is 1020 g/mol. The molecule has 0 aromatic heterocycles. The summed E-state index contributed by atoms with van der Waals surface area (Å²) in [4.78, 5) is 0. The van der Waals surface area contributed by atoms with Crippen LogP contribution in [0.25, 0.3) is 0 Å². The summed E-state index contributed by atoms with van der Waals surface area (Å²) in [5, 5.41) is -0.904. The maximum atomic E-state index is 7.87. The monoisotopic (exact) mass is 1020 g/mol. The highest BCUT2D eigenvalue weighted by Crippen LogP contribution is 2.48. The summed E-state index contributed by atoms with van der Waals surface area (Å²) in [6.07, 6.45) is 0. The van der Waals surface area contributed by atoms with Crippen molar-refractivity contribution in [2.45, 2.75) is 203 Å². The standard InChI is InChI=1S/C31H90O12Si13/c1-31(2,3)53(41-54(32-44(4,5)6,33-45(7,8)9)34-46(10,11)12,42-55(35-47(13,14)15,36-48(16,17)18)37-49(19,20)21)43-56(38-50(22,23)24,39-51(25,26)27)40-52(28,29)30/h1-30H3. The van der Waals surface area contributed by atoms with E-state index in [9.17, 15) is 0 Å². The van der Waals surface area contributed by atoms with Crippen LogP contribution in [0.5, 0.6) is 0 Å². The summed E-state index contributed by atoms with van der Waals surface area (Å²) < 4.78 is 88.9. The second-order valence-electron chi connectivity index (χ2n) is 24.5. The van der Waals surface area contributed by atoms with Crippen molar-refractivity contribution in [3.05, 3.63) is 0 Å². The van der Waals surface area contributed by atoms with Gasteiger partial charge < -0.3 is 49.4 Å². The molecular weight excluding hydrogens is 929 g/mol. The zero-order valence-electron chi connectivity index (χ0n) is 41.9. The van der Waals surface area contributed by atoms with E-state index in [0.29, 0.717) is 0 Å². The van der Waals surface area contributed by atoms with Crippen molar-refractivity contribution >= 4 is 111 Å². The van der Waals surface area contributed by atoms with Gasteiger partial charge in [-0.15, -0.1) is 0 Å². The third-order valence-electron chi connectivity index (χ3n) is 5.58. The first-order valence-corrected chi connectivity index (χ1v) is 57.4. The van der Waals surface area contributed by atoms with E-state index in [2.05, 4.69) is 198 Å². The first-order valence-electron chi connectivity index (χ1n) is 20.1. The van der Waals surface area contributed by atoms with Crippen molar-refractivity contribution < 1.29 is 49.4 Å². The van der Waals surface area contributed by atoms with Crippen molar-refractivity contribution in [1.29, 1.82) is 0 Å². The van der Waals surface area contributed by atoms with Crippen LogP contribution >= 0.6 is 0 Å². The number of hydrogen-bond donors (Lipinski definition) is 0. The summed E-state index contributed by atoms with van der Waals surface area (Å²) in [5.74, 6) is 0. The fourth-order valence-electron chi connectivity index (χ4n) is 4.77. The molecule has 0 aliphatic heterocycles. The largest absolute Gasteiger partial charge is 0.640 e. The van der Waals surface area contributed by atoms with Crippen molar-refractivity contribution in [1.82, 2.24) is 0 Å². The molecule has 25 heteroatoms. The average Bonchev–Trinajstić information content (AvgIpc) is 2.64. The molecule has 12 nitrogen and oxygen atoms in total. The Morgan fingerprint density at radius 1 is 0.196 bits per heavy atom. The van der Waals surface area contributed by atoms with Crippen LogP contribution in [0.4, 0.5) is 0 Å². The van der Waals surface area contributed by atoms with Crippen LogP contribution in [0, 0.1) is 0 Å². The Labute approximate surface area is 360 Å². The van der Waals surface area contributed by atoms with Gasteiger partial charge in [-0.3, -0.25) is 0 Å². The normalized spacial score (nSPS) is 16.2. The lowest BCUT2D eigenvalue weighted by molar-refractivity contribution is 0.0326. The van der Waals surface area contributed by atoms with Gasteiger partial charge >= 0.3 is 35.9 Å². The van der Waals surface area contributed by atoms with Crippen molar-refractivity contribution in [3.8, 4) is 0 Å². The topological polar surface area (TPSA) is 111 Å². The predicted molar refractivity (Wildman–Crippen MR) is 266 cm³/mol. The molecule has 0 unspecified atom stereocenters.